The molecular weight excluding hydrogens is 312 g/mol. The van der Waals surface area contributed by atoms with Crippen molar-refractivity contribution < 1.29 is 9.53 Å². The van der Waals surface area contributed by atoms with E-state index in [9.17, 15) is 4.79 Å². The largest absolute Gasteiger partial charge is 0.444 e. The molecule has 0 bridgehead atoms. The maximum atomic E-state index is 12.6. The summed E-state index contributed by atoms with van der Waals surface area (Å²) >= 11 is 6.33. The van der Waals surface area contributed by atoms with E-state index in [2.05, 4.69) is 5.32 Å². The number of hydrogen-bond donors (Lipinski definition) is 1. The van der Waals surface area contributed by atoms with Crippen molar-refractivity contribution in [1.82, 2.24) is 10.2 Å². The van der Waals surface area contributed by atoms with Gasteiger partial charge < -0.3 is 15.0 Å². The smallest absolute Gasteiger partial charge is 0.410 e. The summed E-state index contributed by atoms with van der Waals surface area (Å²) in [4.78, 5) is 14.4. The second kappa shape index (κ2) is 6.33. The van der Waals surface area contributed by atoms with E-state index in [-0.39, 0.29) is 12.1 Å². The molecule has 0 radical (unpaired) electrons. The number of fused-ring (bicyclic) bond motifs is 1. The van der Waals surface area contributed by atoms with Crippen LogP contribution < -0.4 is 5.32 Å². The van der Waals surface area contributed by atoms with Gasteiger partial charge in [-0.3, -0.25) is 0 Å². The van der Waals surface area contributed by atoms with Crippen molar-refractivity contribution in [3.05, 3.63) is 33.8 Å². The van der Waals surface area contributed by atoms with Gasteiger partial charge in [0.1, 0.15) is 5.60 Å². The Hall–Kier alpha value is -1.26. The lowest BCUT2D eigenvalue weighted by Crippen LogP contribution is -2.37. The SMILES string of the molecule is CC(C)(C)OC(=O)N1CCCC1c1cc(Cl)cc2c1CCNC2. The first kappa shape index (κ1) is 16.6. The van der Waals surface area contributed by atoms with Gasteiger partial charge in [-0.15, -0.1) is 0 Å². The van der Waals surface area contributed by atoms with Crippen molar-refractivity contribution in [2.24, 2.45) is 0 Å². The summed E-state index contributed by atoms with van der Waals surface area (Å²) in [6.07, 6.45) is 2.74. The highest BCUT2D eigenvalue weighted by Gasteiger charge is 2.35. The van der Waals surface area contributed by atoms with E-state index in [4.69, 9.17) is 16.3 Å². The molecule has 5 heteroatoms. The molecule has 1 aromatic rings. The average molecular weight is 337 g/mol. The molecule has 1 unspecified atom stereocenters. The molecule has 3 rings (SSSR count). The molecule has 1 atom stereocenters. The molecule has 1 amide bonds. The molecule has 0 spiro atoms. The van der Waals surface area contributed by atoms with Crippen LogP contribution in [0.25, 0.3) is 0 Å². The Labute approximate surface area is 143 Å². The topological polar surface area (TPSA) is 41.6 Å². The van der Waals surface area contributed by atoms with Crippen LogP contribution in [0.1, 0.15) is 56.3 Å². The highest BCUT2D eigenvalue weighted by molar-refractivity contribution is 6.30. The standard InChI is InChI=1S/C18H25ClN2O2/c1-18(2,3)23-17(22)21-8-4-5-16(21)15-10-13(19)9-12-11-20-7-6-14(12)15/h9-10,16,20H,4-8,11H2,1-3H3. The summed E-state index contributed by atoms with van der Waals surface area (Å²) in [5, 5.41) is 4.14. The molecule has 2 aliphatic heterocycles. The van der Waals surface area contributed by atoms with E-state index in [1.54, 1.807) is 0 Å². The molecule has 23 heavy (non-hydrogen) atoms. The van der Waals surface area contributed by atoms with E-state index in [0.717, 1.165) is 43.9 Å². The first-order valence-corrected chi connectivity index (χ1v) is 8.74. The van der Waals surface area contributed by atoms with Crippen molar-refractivity contribution >= 4 is 17.7 Å². The maximum Gasteiger partial charge on any atom is 0.410 e. The number of ether oxygens (including phenoxy) is 1. The van der Waals surface area contributed by atoms with E-state index < -0.39 is 5.60 Å². The van der Waals surface area contributed by atoms with Crippen molar-refractivity contribution in [3.8, 4) is 0 Å². The van der Waals surface area contributed by atoms with Crippen LogP contribution in [0.2, 0.25) is 5.02 Å². The number of halogens is 1. The summed E-state index contributed by atoms with van der Waals surface area (Å²) < 4.78 is 5.59. The number of amides is 1. The zero-order valence-electron chi connectivity index (χ0n) is 14.1. The number of nitrogens with one attached hydrogen (secondary N) is 1. The van der Waals surface area contributed by atoms with E-state index >= 15 is 0 Å². The quantitative estimate of drug-likeness (QED) is 0.841. The molecule has 2 heterocycles. The average Bonchev–Trinajstić information content (AvgIpc) is 2.93. The van der Waals surface area contributed by atoms with Crippen LogP contribution in [0.4, 0.5) is 4.79 Å². The molecule has 1 saturated heterocycles. The van der Waals surface area contributed by atoms with Crippen LogP contribution >= 0.6 is 11.6 Å². The fourth-order valence-electron chi connectivity index (χ4n) is 3.54. The van der Waals surface area contributed by atoms with Crippen LogP contribution in [0.15, 0.2) is 12.1 Å². The maximum absolute atomic E-state index is 12.6. The minimum absolute atomic E-state index is 0.0791. The highest BCUT2D eigenvalue weighted by atomic mass is 35.5. The Kier molecular flexibility index (Phi) is 4.56. The Bertz CT molecular complexity index is 610. The third-order valence-electron chi connectivity index (χ3n) is 4.45. The van der Waals surface area contributed by atoms with Crippen molar-refractivity contribution in [3.63, 3.8) is 0 Å². The Morgan fingerprint density at radius 3 is 2.91 bits per heavy atom. The zero-order chi connectivity index (χ0) is 16.6. The number of carbonyl (C=O) groups excluding carboxylic acids is 1. The molecule has 2 aliphatic rings. The predicted molar refractivity (Wildman–Crippen MR) is 91.8 cm³/mol. The van der Waals surface area contributed by atoms with Gasteiger partial charge in [0.15, 0.2) is 0 Å². The lowest BCUT2D eigenvalue weighted by atomic mass is 9.90. The Morgan fingerprint density at radius 1 is 1.39 bits per heavy atom. The Morgan fingerprint density at radius 2 is 2.17 bits per heavy atom. The summed E-state index contributed by atoms with van der Waals surface area (Å²) in [6, 6.07) is 4.16. The second-order valence-corrected chi connectivity index (χ2v) is 7.83. The van der Waals surface area contributed by atoms with Crippen molar-refractivity contribution in [1.29, 1.82) is 0 Å². The van der Waals surface area contributed by atoms with Gasteiger partial charge in [0.2, 0.25) is 0 Å². The molecule has 126 valence electrons. The van der Waals surface area contributed by atoms with Crippen LogP contribution in [0.3, 0.4) is 0 Å². The minimum atomic E-state index is -0.470. The zero-order valence-corrected chi connectivity index (χ0v) is 14.9. The molecule has 0 aliphatic carbocycles. The summed E-state index contributed by atoms with van der Waals surface area (Å²) in [5.41, 5.74) is 3.35. The Balaban J connectivity index is 1.91. The number of nitrogens with zero attached hydrogens (tertiary/aromatic N) is 1. The molecule has 1 fully saturated rings. The van der Waals surface area contributed by atoms with E-state index in [1.165, 1.54) is 16.7 Å². The van der Waals surface area contributed by atoms with Crippen LogP contribution in [0, 0.1) is 0 Å². The number of hydrogen-bond acceptors (Lipinski definition) is 3. The molecular formula is C18H25ClN2O2. The summed E-state index contributed by atoms with van der Waals surface area (Å²) in [6.45, 7) is 8.29. The molecule has 1 N–H and O–H groups in total. The van der Waals surface area contributed by atoms with Gasteiger partial charge in [-0.2, -0.15) is 0 Å². The van der Waals surface area contributed by atoms with Gasteiger partial charge in [-0.1, -0.05) is 11.6 Å². The molecule has 0 saturated carbocycles. The molecule has 0 aromatic heterocycles. The fourth-order valence-corrected chi connectivity index (χ4v) is 3.79. The number of likely N-dealkylation sites (tertiary alicyclic amines) is 1. The summed E-state index contributed by atoms with van der Waals surface area (Å²) in [5.74, 6) is 0. The third-order valence-corrected chi connectivity index (χ3v) is 4.67. The van der Waals surface area contributed by atoms with Gasteiger partial charge in [0, 0.05) is 18.1 Å². The normalized spacial score (nSPS) is 21.2. The van der Waals surface area contributed by atoms with Crippen molar-refractivity contribution in [2.75, 3.05) is 13.1 Å². The molecule has 1 aromatic carbocycles. The monoisotopic (exact) mass is 336 g/mol. The lowest BCUT2D eigenvalue weighted by molar-refractivity contribution is 0.0224. The van der Waals surface area contributed by atoms with E-state index in [1.807, 2.05) is 37.8 Å². The van der Waals surface area contributed by atoms with Gasteiger partial charge >= 0.3 is 6.09 Å². The lowest BCUT2D eigenvalue weighted by Gasteiger charge is -2.31. The minimum Gasteiger partial charge on any atom is -0.444 e. The predicted octanol–water partition coefficient (Wildman–Crippen LogP) is 4.06. The van der Waals surface area contributed by atoms with Crippen LogP contribution in [-0.2, 0) is 17.7 Å². The number of carbonyl (C=O) groups is 1. The second-order valence-electron chi connectivity index (χ2n) is 7.39. The number of benzene rings is 1. The first-order chi connectivity index (χ1) is 10.8. The first-order valence-electron chi connectivity index (χ1n) is 8.37. The van der Waals surface area contributed by atoms with Crippen LogP contribution in [0.5, 0.6) is 0 Å². The van der Waals surface area contributed by atoms with Crippen LogP contribution in [-0.4, -0.2) is 29.7 Å². The van der Waals surface area contributed by atoms with Gasteiger partial charge in [0.25, 0.3) is 0 Å². The highest BCUT2D eigenvalue weighted by Crippen LogP contribution is 2.38. The number of rotatable bonds is 1. The third kappa shape index (κ3) is 3.64. The van der Waals surface area contributed by atoms with Gasteiger partial charge in [0.05, 0.1) is 6.04 Å². The fraction of sp³-hybridized carbons (Fsp3) is 0.611. The van der Waals surface area contributed by atoms with Crippen molar-refractivity contribution in [2.45, 2.75) is 58.2 Å². The van der Waals surface area contributed by atoms with E-state index in [0.29, 0.717) is 0 Å². The molecule has 4 nitrogen and oxygen atoms in total. The van der Waals surface area contributed by atoms with Gasteiger partial charge in [-0.25, -0.2) is 4.79 Å². The summed E-state index contributed by atoms with van der Waals surface area (Å²) in [7, 11) is 0. The van der Waals surface area contributed by atoms with Gasteiger partial charge in [-0.05, 0) is 75.4 Å².